The van der Waals surface area contributed by atoms with E-state index < -0.39 is 16.9 Å². The van der Waals surface area contributed by atoms with Crippen LogP contribution >= 0.6 is 23.4 Å². The third-order valence-electron chi connectivity index (χ3n) is 2.66. The SMILES string of the molecule is CCOC(=O)C(N)CCSCc1ccc(Cl)cc1[N+](=O)[O-]. The Kier molecular flexibility index (Phi) is 7.49. The van der Waals surface area contributed by atoms with Gasteiger partial charge in [-0.25, -0.2) is 0 Å². The average Bonchev–Trinajstić information content (AvgIpc) is 2.44. The van der Waals surface area contributed by atoms with Crippen molar-refractivity contribution in [3.63, 3.8) is 0 Å². The third kappa shape index (κ3) is 5.91. The molecular formula is C13H17ClN2O4S. The number of nitro groups is 1. The highest BCUT2D eigenvalue weighted by Gasteiger charge is 2.16. The van der Waals surface area contributed by atoms with Crippen LogP contribution in [0, 0.1) is 10.1 Å². The molecule has 2 N–H and O–H groups in total. The number of nitro benzene ring substituents is 1. The molecule has 0 aliphatic rings. The number of carbonyl (C=O) groups excluding carboxylic acids is 1. The van der Waals surface area contributed by atoms with Gasteiger partial charge >= 0.3 is 5.97 Å². The fourth-order valence-electron chi connectivity index (χ4n) is 1.59. The lowest BCUT2D eigenvalue weighted by atomic mass is 10.2. The van der Waals surface area contributed by atoms with Gasteiger partial charge in [0, 0.05) is 22.4 Å². The molecule has 0 bridgehead atoms. The smallest absolute Gasteiger partial charge is 0.322 e. The number of rotatable bonds is 8. The molecule has 8 heteroatoms. The minimum atomic E-state index is -0.655. The van der Waals surface area contributed by atoms with Crippen molar-refractivity contribution in [2.75, 3.05) is 12.4 Å². The molecule has 1 atom stereocenters. The van der Waals surface area contributed by atoms with Gasteiger partial charge < -0.3 is 10.5 Å². The Labute approximate surface area is 132 Å². The minimum absolute atomic E-state index is 0.00434. The summed E-state index contributed by atoms with van der Waals surface area (Å²) in [5.41, 5.74) is 6.27. The maximum Gasteiger partial charge on any atom is 0.322 e. The molecule has 1 aromatic carbocycles. The largest absolute Gasteiger partial charge is 0.465 e. The molecule has 0 fully saturated rings. The summed E-state index contributed by atoms with van der Waals surface area (Å²) in [6.45, 7) is 2.02. The Morgan fingerprint density at radius 2 is 2.29 bits per heavy atom. The highest BCUT2D eigenvalue weighted by molar-refractivity contribution is 7.98. The van der Waals surface area contributed by atoms with Gasteiger partial charge in [-0.1, -0.05) is 11.6 Å². The molecular weight excluding hydrogens is 316 g/mol. The van der Waals surface area contributed by atoms with Crippen LogP contribution in [0.1, 0.15) is 18.9 Å². The van der Waals surface area contributed by atoms with Gasteiger partial charge in [-0.15, -0.1) is 0 Å². The highest BCUT2D eigenvalue weighted by atomic mass is 35.5. The second kappa shape index (κ2) is 8.86. The predicted octanol–water partition coefficient (Wildman–Crippen LogP) is 2.76. The number of esters is 1. The van der Waals surface area contributed by atoms with Crippen LogP contribution in [0.4, 0.5) is 5.69 Å². The first-order valence-electron chi connectivity index (χ1n) is 6.38. The molecule has 1 unspecified atom stereocenters. The number of nitrogens with two attached hydrogens (primary N) is 1. The van der Waals surface area contributed by atoms with Gasteiger partial charge in [-0.3, -0.25) is 14.9 Å². The Hall–Kier alpha value is -1.31. The van der Waals surface area contributed by atoms with Crippen molar-refractivity contribution in [1.29, 1.82) is 0 Å². The summed E-state index contributed by atoms with van der Waals surface area (Å²) in [7, 11) is 0. The molecule has 0 spiro atoms. The van der Waals surface area contributed by atoms with E-state index in [9.17, 15) is 14.9 Å². The van der Waals surface area contributed by atoms with Crippen LogP contribution in [-0.2, 0) is 15.3 Å². The number of benzene rings is 1. The second-order valence-electron chi connectivity index (χ2n) is 4.23. The van der Waals surface area contributed by atoms with E-state index in [0.717, 1.165) is 0 Å². The van der Waals surface area contributed by atoms with E-state index in [2.05, 4.69) is 0 Å². The maximum absolute atomic E-state index is 11.3. The van der Waals surface area contributed by atoms with E-state index in [1.807, 2.05) is 0 Å². The van der Waals surface area contributed by atoms with E-state index in [0.29, 0.717) is 35.1 Å². The molecule has 0 saturated heterocycles. The topological polar surface area (TPSA) is 95.5 Å². The Balaban J connectivity index is 2.46. The summed E-state index contributed by atoms with van der Waals surface area (Å²) in [5, 5.41) is 11.3. The molecule has 0 aliphatic carbocycles. The van der Waals surface area contributed by atoms with Crippen LogP contribution in [0.2, 0.25) is 5.02 Å². The molecule has 0 radical (unpaired) electrons. The summed E-state index contributed by atoms with van der Waals surface area (Å²) in [4.78, 5) is 21.8. The van der Waals surface area contributed by atoms with Crippen molar-refractivity contribution in [1.82, 2.24) is 0 Å². The zero-order chi connectivity index (χ0) is 15.8. The molecule has 0 saturated carbocycles. The van der Waals surface area contributed by atoms with E-state index in [1.165, 1.54) is 17.8 Å². The average molecular weight is 333 g/mol. The zero-order valence-corrected chi connectivity index (χ0v) is 13.2. The molecule has 0 aliphatic heterocycles. The standard InChI is InChI=1S/C13H17ClN2O4S/c1-2-20-13(17)11(15)5-6-21-8-9-3-4-10(14)7-12(9)16(18)19/h3-4,7,11H,2,5-6,8,15H2,1H3. The number of halogens is 1. The van der Waals surface area contributed by atoms with Crippen LogP contribution < -0.4 is 5.73 Å². The van der Waals surface area contributed by atoms with Crippen molar-refractivity contribution in [2.24, 2.45) is 5.73 Å². The lowest BCUT2D eigenvalue weighted by Gasteiger charge is -2.10. The third-order valence-corrected chi connectivity index (χ3v) is 3.94. The molecule has 21 heavy (non-hydrogen) atoms. The second-order valence-corrected chi connectivity index (χ2v) is 5.77. The summed E-state index contributed by atoms with van der Waals surface area (Å²) in [6.07, 6.45) is 0.463. The van der Waals surface area contributed by atoms with Crippen LogP contribution in [0.5, 0.6) is 0 Å². The zero-order valence-electron chi connectivity index (χ0n) is 11.6. The van der Waals surface area contributed by atoms with Gasteiger partial charge in [-0.05, 0) is 31.2 Å². The normalized spacial score (nSPS) is 12.0. The van der Waals surface area contributed by atoms with Crippen LogP contribution in [0.3, 0.4) is 0 Å². The van der Waals surface area contributed by atoms with Gasteiger partial charge in [-0.2, -0.15) is 11.8 Å². The fourth-order valence-corrected chi connectivity index (χ4v) is 2.78. The monoisotopic (exact) mass is 332 g/mol. The van der Waals surface area contributed by atoms with Crippen molar-refractivity contribution in [3.05, 3.63) is 38.9 Å². The van der Waals surface area contributed by atoms with Gasteiger partial charge in [0.2, 0.25) is 0 Å². The van der Waals surface area contributed by atoms with Crippen LogP contribution in [0.15, 0.2) is 18.2 Å². The number of nitrogens with zero attached hydrogens (tertiary/aromatic N) is 1. The Morgan fingerprint density at radius 3 is 2.90 bits per heavy atom. The first-order valence-corrected chi connectivity index (χ1v) is 7.91. The van der Waals surface area contributed by atoms with Gasteiger partial charge in [0.05, 0.1) is 11.5 Å². The number of hydrogen-bond acceptors (Lipinski definition) is 6. The maximum atomic E-state index is 11.3. The van der Waals surface area contributed by atoms with Crippen molar-refractivity contribution in [3.8, 4) is 0 Å². The Morgan fingerprint density at radius 1 is 1.57 bits per heavy atom. The highest BCUT2D eigenvalue weighted by Crippen LogP contribution is 2.26. The van der Waals surface area contributed by atoms with Crippen molar-refractivity contribution < 1.29 is 14.5 Å². The van der Waals surface area contributed by atoms with Gasteiger partial charge in [0.1, 0.15) is 6.04 Å². The molecule has 116 valence electrons. The predicted molar refractivity (Wildman–Crippen MR) is 83.5 cm³/mol. The minimum Gasteiger partial charge on any atom is -0.465 e. The van der Waals surface area contributed by atoms with Gasteiger partial charge in [0.15, 0.2) is 0 Å². The summed E-state index contributed by atoms with van der Waals surface area (Å²) in [6, 6.07) is 3.94. The molecule has 1 aromatic rings. The quantitative estimate of drug-likeness (QED) is 0.340. The van der Waals surface area contributed by atoms with Crippen molar-refractivity contribution >= 4 is 35.0 Å². The van der Waals surface area contributed by atoms with Crippen LogP contribution in [0.25, 0.3) is 0 Å². The molecule has 0 heterocycles. The van der Waals surface area contributed by atoms with Crippen molar-refractivity contribution in [2.45, 2.75) is 25.1 Å². The summed E-state index contributed by atoms with van der Waals surface area (Å²) in [5.74, 6) is 0.651. The molecule has 0 amide bonds. The number of ether oxygens (including phenoxy) is 1. The van der Waals surface area contributed by atoms with Crippen LogP contribution in [-0.4, -0.2) is 29.3 Å². The number of hydrogen-bond donors (Lipinski definition) is 1. The van der Waals surface area contributed by atoms with Gasteiger partial charge in [0.25, 0.3) is 5.69 Å². The lowest BCUT2D eigenvalue weighted by Crippen LogP contribution is -2.32. The number of thioether (sulfide) groups is 1. The van der Waals surface area contributed by atoms with E-state index in [4.69, 9.17) is 22.1 Å². The fraction of sp³-hybridized carbons (Fsp3) is 0.462. The molecule has 1 rings (SSSR count). The number of carbonyl (C=O) groups is 1. The van der Waals surface area contributed by atoms with E-state index >= 15 is 0 Å². The lowest BCUT2D eigenvalue weighted by molar-refractivity contribution is -0.385. The first-order chi connectivity index (χ1) is 9.95. The molecule has 6 nitrogen and oxygen atoms in total. The molecule has 0 aromatic heterocycles. The summed E-state index contributed by atoms with van der Waals surface area (Å²) < 4.78 is 4.81. The van der Waals surface area contributed by atoms with E-state index in [1.54, 1.807) is 19.1 Å². The first kappa shape index (κ1) is 17.7. The Bertz CT molecular complexity index is 513. The summed E-state index contributed by atoms with van der Waals surface area (Å²) >= 11 is 7.22. The van der Waals surface area contributed by atoms with E-state index in [-0.39, 0.29) is 5.69 Å².